The van der Waals surface area contributed by atoms with E-state index in [4.69, 9.17) is 11.6 Å². The largest absolute Gasteiger partial charge is 0.366 e. The van der Waals surface area contributed by atoms with Crippen molar-refractivity contribution in [2.45, 2.75) is 12.8 Å². The summed E-state index contributed by atoms with van der Waals surface area (Å²) < 4.78 is 0. The second-order valence-electron chi connectivity index (χ2n) is 7.37. The summed E-state index contributed by atoms with van der Waals surface area (Å²) in [7, 11) is 0. The maximum absolute atomic E-state index is 13.6. The molecule has 2 aliphatic rings. The second-order valence-corrected chi connectivity index (χ2v) is 7.81. The minimum atomic E-state index is -0.282. The van der Waals surface area contributed by atoms with Crippen molar-refractivity contribution in [3.63, 3.8) is 0 Å². The number of rotatable bonds is 3. The molecule has 0 saturated carbocycles. The quantitative estimate of drug-likeness (QED) is 0.586. The van der Waals surface area contributed by atoms with Gasteiger partial charge in [-0.15, -0.1) is 0 Å². The lowest BCUT2D eigenvalue weighted by Crippen LogP contribution is -2.34. The molecule has 0 aliphatic carbocycles. The van der Waals surface area contributed by atoms with Crippen LogP contribution in [0.4, 0.5) is 5.69 Å². The third-order valence-corrected chi connectivity index (χ3v) is 5.87. The first-order valence-electron chi connectivity index (χ1n) is 9.77. The van der Waals surface area contributed by atoms with Crippen molar-refractivity contribution < 1.29 is 9.59 Å². The Morgan fingerprint density at radius 2 is 1.45 bits per heavy atom. The number of hydrogen-bond donors (Lipinski definition) is 0. The Labute approximate surface area is 174 Å². The Morgan fingerprint density at radius 1 is 0.759 bits per heavy atom. The van der Waals surface area contributed by atoms with Crippen LogP contribution < -0.4 is 4.90 Å². The molecule has 0 bridgehead atoms. The number of halogens is 1. The van der Waals surface area contributed by atoms with Crippen LogP contribution in [0.15, 0.2) is 72.4 Å². The highest BCUT2D eigenvalue weighted by Gasteiger charge is 2.43. The van der Waals surface area contributed by atoms with Crippen LogP contribution in [0.25, 0.3) is 16.3 Å². The molecule has 0 aromatic heterocycles. The van der Waals surface area contributed by atoms with Gasteiger partial charge in [0.2, 0.25) is 0 Å². The minimum Gasteiger partial charge on any atom is -0.366 e. The van der Waals surface area contributed by atoms with Crippen molar-refractivity contribution in [3.05, 3.63) is 83.0 Å². The standard InChI is InChI=1S/C24H19ClN2O2/c25-18-12-10-17(11-13-18)21-22(26-14-3-4-15-26)24(29)27(23(21)28)20-9-5-7-16-6-1-2-8-19(16)20/h1-2,5-13H,3-4,14-15H2. The predicted octanol–water partition coefficient (Wildman–Crippen LogP) is 4.87. The summed E-state index contributed by atoms with van der Waals surface area (Å²) in [6.45, 7) is 1.57. The first-order valence-corrected chi connectivity index (χ1v) is 10.1. The molecule has 0 spiro atoms. The van der Waals surface area contributed by atoms with Crippen LogP contribution in [0.2, 0.25) is 5.02 Å². The van der Waals surface area contributed by atoms with E-state index in [2.05, 4.69) is 4.90 Å². The van der Waals surface area contributed by atoms with Gasteiger partial charge in [0.15, 0.2) is 0 Å². The minimum absolute atomic E-state index is 0.252. The summed E-state index contributed by atoms with van der Waals surface area (Å²) in [4.78, 5) is 30.6. The summed E-state index contributed by atoms with van der Waals surface area (Å²) in [5, 5.41) is 2.47. The van der Waals surface area contributed by atoms with Crippen molar-refractivity contribution >= 4 is 45.4 Å². The van der Waals surface area contributed by atoms with Gasteiger partial charge in [0.05, 0.1) is 11.3 Å². The molecule has 0 atom stereocenters. The van der Waals surface area contributed by atoms with E-state index in [9.17, 15) is 9.59 Å². The summed E-state index contributed by atoms with van der Waals surface area (Å²) in [6.07, 6.45) is 2.04. The molecular formula is C24H19ClN2O2. The molecular weight excluding hydrogens is 384 g/mol. The Balaban J connectivity index is 1.68. The number of fused-ring (bicyclic) bond motifs is 1. The number of anilines is 1. The molecule has 3 aromatic carbocycles. The Hall–Kier alpha value is -3.11. The number of amides is 2. The van der Waals surface area contributed by atoms with Gasteiger partial charge in [0.1, 0.15) is 5.70 Å². The zero-order valence-electron chi connectivity index (χ0n) is 15.8. The Morgan fingerprint density at radius 3 is 2.21 bits per heavy atom. The average molecular weight is 403 g/mol. The molecule has 2 aliphatic heterocycles. The lowest BCUT2D eigenvalue weighted by atomic mass is 10.0. The fraction of sp³-hybridized carbons (Fsp3) is 0.167. The molecule has 5 rings (SSSR count). The van der Waals surface area contributed by atoms with E-state index in [1.165, 1.54) is 4.90 Å². The van der Waals surface area contributed by atoms with E-state index in [1.54, 1.807) is 12.1 Å². The van der Waals surface area contributed by atoms with E-state index in [0.29, 0.717) is 22.0 Å². The van der Waals surface area contributed by atoms with Crippen LogP contribution in [0, 0.1) is 0 Å². The molecule has 0 unspecified atom stereocenters. The number of likely N-dealkylation sites (tertiary alicyclic amines) is 1. The lowest BCUT2D eigenvalue weighted by molar-refractivity contribution is -0.120. The van der Waals surface area contributed by atoms with Gasteiger partial charge in [-0.05, 0) is 42.0 Å². The molecule has 29 heavy (non-hydrogen) atoms. The molecule has 0 N–H and O–H groups in total. The van der Waals surface area contributed by atoms with Crippen LogP contribution in [0.3, 0.4) is 0 Å². The number of nitrogens with zero attached hydrogens (tertiary/aromatic N) is 2. The summed E-state index contributed by atoms with van der Waals surface area (Å²) in [5.74, 6) is -0.534. The van der Waals surface area contributed by atoms with Crippen LogP contribution in [-0.2, 0) is 9.59 Å². The number of carbonyl (C=O) groups is 2. The highest BCUT2D eigenvalue weighted by Crippen LogP contribution is 2.38. The first kappa shape index (κ1) is 18.0. The number of benzene rings is 3. The molecule has 0 radical (unpaired) electrons. The summed E-state index contributed by atoms with van der Waals surface area (Å²) >= 11 is 6.05. The van der Waals surface area contributed by atoms with Crippen molar-refractivity contribution in [2.75, 3.05) is 18.0 Å². The van der Waals surface area contributed by atoms with Gasteiger partial charge < -0.3 is 4.90 Å². The normalized spacial score (nSPS) is 17.1. The van der Waals surface area contributed by atoms with E-state index >= 15 is 0 Å². The van der Waals surface area contributed by atoms with Crippen molar-refractivity contribution in [2.24, 2.45) is 0 Å². The van der Waals surface area contributed by atoms with E-state index in [-0.39, 0.29) is 11.8 Å². The molecule has 144 valence electrons. The maximum Gasteiger partial charge on any atom is 0.282 e. The number of imide groups is 1. The van der Waals surface area contributed by atoms with Crippen LogP contribution in [0.5, 0.6) is 0 Å². The number of hydrogen-bond acceptors (Lipinski definition) is 3. The average Bonchev–Trinajstić information content (AvgIpc) is 3.35. The predicted molar refractivity (Wildman–Crippen MR) is 116 cm³/mol. The van der Waals surface area contributed by atoms with Crippen molar-refractivity contribution in [3.8, 4) is 0 Å². The number of carbonyl (C=O) groups excluding carboxylic acids is 2. The molecule has 4 nitrogen and oxygen atoms in total. The monoisotopic (exact) mass is 402 g/mol. The van der Waals surface area contributed by atoms with Crippen molar-refractivity contribution in [1.29, 1.82) is 0 Å². The van der Waals surface area contributed by atoms with E-state index < -0.39 is 0 Å². The smallest absolute Gasteiger partial charge is 0.282 e. The van der Waals surface area contributed by atoms with Gasteiger partial charge >= 0.3 is 0 Å². The maximum atomic E-state index is 13.6. The Bertz CT molecular complexity index is 1160. The SMILES string of the molecule is O=C1C(c2ccc(Cl)cc2)=C(N2CCCC2)C(=O)N1c1cccc2ccccc12. The molecule has 2 heterocycles. The Kier molecular flexibility index (Phi) is 4.36. The highest BCUT2D eigenvalue weighted by atomic mass is 35.5. The van der Waals surface area contributed by atoms with Gasteiger partial charge in [-0.3, -0.25) is 9.59 Å². The molecule has 1 fully saturated rings. The molecule has 5 heteroatoms. The van der Waals surface area contributed by atoms with Gasteiger partial charge in [-0.1, -0.05) is 60.1 Å². The zero-order chi connectivity index (χ0) is 20.0. The lowest BCUT2D eigenvalue weighted by Gasteiger charge is -2.21. The third-order valence-electron chi connectivity index (χ3n) is 5.62. The fourth-order valence-corrected chi connectivity index (χ4v) is 4.38. The molecule has 3 aromatic rings. The first-order chi connectivity index (χ1) is 14.1. The fourth-order valence-electron chi connectivity index (χ4n) is 4.25. The highest BCUT2D eigenvalue weighted by molar-refractivity contribution is 6.46. The zero-order valence-corrected chi connectivity index (χ0v) is 16.5. The van der Waals surface area contributed by atoms with Crippen LogP contribution in [0.1, 0.15) is 18.4 Å². The van der Waals surface area contributed by atoms with Gasteiger partial charge in [-0.25, -0.2) is 4.90 Å². The van der Waals surface area contributed by atoms with E-state index in [0.717, 1.165) is 42.3 Å². The third kappa shape index (κ3) is 2.91. The van der Waals surface area contributed by atoms with Gasteiger partial charge in [0.25, 0.3) is 11.8 Å². The summed E-state index contributed by atoms with van der Waals surface area (Å²) in [6, 6.07) is 20.6. The molecule has 2 amide bonds. The summed E-state index contributed by atoms with van der Waals surface area (Å²) in [5.41, 5.74) is 2.31. The van der Waals surface area contributed by atoms with Gasteiger partial charge in [0, 0.05) is 23.5 Å². The van der Waals surface area contributed by atoms with Crippen LogP contribution in [-0.4, -0.2) is 29.8 Å². The molecule has 1 saturated heterocycles. The van der Waals surface area contributed by atoms with Crippen LogP contribution >= 0.6 is 11.6 Å². The second kappa shape index (κ2) is 7.05. The van der Waals surface area contributed by atoms with E-state index in [1.807, 2.05) is 54.6 Å². The topological polar surface area (TPSA) is 40.6 Å². The van der Waals surface area contributed by atoms with Gasteiger partial charge in [-0.2, -0.15) is 0 Å². The van der Waals surface area contributed by atoms with Crippen molar-refractivity contribution in [1.82, 2.24) is 4.90 Å².